The highest BCUT2D eigenvalue weighted by Crippen LogP contribution is 2.14. The van der Waals surface area contributed by atoms with Gasteiger partial charge in [0.2, 0.25) is 0 Å². The van der Waals surface area contributed by atoms with Crippen molar-refractivity contribution in [3.05, 3.63) is 34.4 Å². The number of hydrogen-bond donors (Lipinski definition) is 1. The first kappa shape index (κ1) is 10.2. The Balaban J connectivity index is 1.98. The molecule has 0 radical (unpaired) electrons. The van der Waals surface area contributed by atoms with Crippen molar-refractivity contribution in [3.8, 4) is 0 Å². The zero-order valence-electron chi connectivity index (χ0n) is 9.04. The van der Waals surface area contributed by atoms with Crippen molar-refractivity contribution in [3.63, 3.8) is 0 Å². The monoisotopic (exact) mass is 247 g/mol. The number of fused-ring (bicyclic) bond motifs is 1. The molecule has 2 aromatic heterocycles. The second-order valence-corrected chi connectivity index (χ2v) is 4.09. The van der Waals surface area contributed by atoms with E-state index in [1.165, 1.54) is 0 Å². The first-order valence-electron chi connectivity index (χ1n) is 5.05. The van der Waals surface area contributed by atoms with Gasteiger partial charge in [-0.15, -0.1) is 5.10 Å². The number of hydrogen-bond acceptors (Lipinski definition) is 5. The van der Waals surface area contributed by atoms with E-state index in [4.69, 9.17) is 16.7 Å². The number of H-pyrrole nitrogens is 1. The zero-order chi connectivity index (χ0) is 11.8. The van der Waals surface area contributed by atoms with Gasteiger partial charge in [0.25, 0.3) is 0 Å². The van der Waals surface area contributed by atoms with Crippen molar-refractivity contribution in [1.29, 1.82) is 0 Å². The number of aromatic amines is 1. The van der Waals surface area contributed by atoms with Crippen LogP contribution in [0.3, 0.4) is 0 Å². The molecule has 1 N–H and O–H groups in total. The Morgan fingerprint density at radius 2 is 2.35 bits per heavy atom. The zero-order valence-corrected chi connectivity index (χ0v) is 9.86. The van der Waals surface area contributed by atoms with Crippen LogP contribution in [-0.2, 0) is 13.5 Å². The highest BCUT2D eigenvalue weighted by Gasteiger charge is 2.05. The lowest BCUT2D eigenvalue weighted by atomic mass is 10.1. The number of nitrogens with one attached hydrogen (secondary N) is 1. The molecule has 0 atom stereocenters. The third-order valence-electron chi connectivity index (χ3n) is 2.53. The number of benzene rings is 1. The van der Waals surface area contributed by atoms with Crippen molar-refractivity contribution in [2.45, 2.75) is 6.42 Å². The second-order valence-electron chi connectivity index (χ2n) is 3.74. The average molecular weight is 247 g/mol. The summed E-state index contributed by atoms with van der Waals surface area (Å²) >= 11 is 4.79. The number of aryl methyl sites for hydroxylation is 1. The molecule has 17 heavy (non-hydrogen) atoms. The molecule has 7 heteroatoms. The summed E-state index contributed by atoms with van der Waals surface area (Å²) in [6.45, 7) is 0. The van der Waals surface area contributed by atoms with Crippen LogP contribution in [0, 0.1) is 4.84 Å². The molecule has 1 aromatic carbocycles. The minimum Gasteiger partial charge on any atom is -0.348 e. The molecule has 0 fully saturated rings. The fourth-order valence-electron chi connectivity index (χ4n) is 1.72. The quantitative estimate of drug-likeness (QED) is 0.696. The van der Waals surface area contributed by atoms with Gasteiger partial charge in [-0.25, -0.2) is 9.84 Å². The lowest BCUT2D eigenvalue weighted by molar-refractivity contribution is 0.399. The van der Waals surface area contributed by atoms with Gasteiger partial charge in [0.15, 0.2) is 0 Å². The van der Waals surface area contributed by atoms with E-state index < -0.39 is 0 Å². The van der Waals surface area contributed by atoms with E-state index in [2.05, 4.69) is 20.5 Å². The number of rotatable bonds is 2. The summed E-state index contributed by atoms with van der Waals surface area (Å²) in [5.41, 5.74) is 2.95. The SMILES string of the molecule is Cn1nnc2cc(Cc3nc(=S)o[nH]3)ccc21. The molecule has 0 unspecified atom stereocenters. The van der Waals surface area contributed by atoms with E-state index in [-0.39, 0.29) is 4.84 Å². The maximum atomic E-state index is 4.87. The molecule has 0 aliphatic heterocycles. The Labute approximate surface area is 101 Å². The summed E-state index contributed by atoms with van der Waals surface area (Å²) in [5, 5.41) is 10.7. The van der Waals surface area contributed by atoms with Crippen LogP contribution >= 0.6 is 12.2 Å². The van der Waals surface area contributed by atoms with Crippen molar-refractivity contribution >= 4 is 23.3 Å². The van der Waals surface area contributed by atoms with E-state index in [1.54, 1.807) is 4.68 Å². The lowest BCUT2D eigenvalue weighted by Gasteiger charge is -1.97. The summed E-state index contributed by atoms with van der Waals surface area (Å²) < 4.78 is 6.61. The smallest absolute Gasteiger partial charge is 0.314 e. The van der Waals surface area contributed by atoms with E-state index in [9.17, 15) is 0 Å². The van der Waals surface area contributed by atoms with E-state index >= 15 is 0 Å². The molecule has 0 aliphatic rings. The third kappa shape index (κ3) is 1.84. The second kappa shape index (κ2) is 3.77. The predicted octanol–water partition coefficient (Wildman–Crippen LogP) is 1.60. The van der Waals surface area contributed by atoms with Crippen molar-refractivity contribution in [2.75, 3.05) is 0 Å². The van der Waals surface area contributed by atoms with Crippen molar-refractivity contribution in [1.82, 2.24) is 25.1 Å². The van der Waals surface area contributed by atoms with Gasteiger partial charge in [0.1, 0.15) is 11.3 Å². The van der Waals surface area contributed by atoms with Crippen molar-refractivity contribution in [2.24, 2.45) is 7.05 Å². The van der Waals surface area contributed by atoms with Gasteiger partial charge in [-0.2, -0.15) is 4.98 Å². The van der Waals surface area contributed by atoms with Crippen LogP contribution in [0.5, 0.6) is 0 Å². The van der Waals surface area contributed by atoms with Gasteiger partial charge in [-0.3, -0.25) is 0 Å². The highest BCUT2D eigenvalue weighted by atomic mass is 32.1. The first-order chi connectivity index (χ1) is 8.22. The normalized spacial score (nSPS) is 11.1. The molecule has 2 heterocycles. The number of nitrogens with zero attached hydrogens (tertiary/aromatic N) is 4. The molecular formula is C10H9N5OS. The molecular weight excluding hydrogens is 238 g/mol. The van der Waals surface area contributed by atoms with Gasteiger partial charge in [-0.1, -0.05) is 11.3 Å². The van der Waals surface area contributed by atoms with Gasteiger partial charge in [0.05, 0.1) is 5.52 Å². The molecule has 0 saturated heterocycles. The summed E-state index contributed by atoms with van der Waals surface area (Å²) in [4.78, 5) is 4.27. The van der Waals surface area contributed by atoms with Crippen molar-refractivity contribution < 1.29 is 4.52 Å². The fourth-order valence-corrected chi connectivity index (χ4v) is 1.88. The molecule has 3 rings (SSSR count). The van der Waals surface area contributed by atoms with Crippen LogP contribution in [0.2, 0.25) is 0 Å². The summed E-state index contributed by atoms with van der Waals surface area (Å²) in [5.74, 6) is 0.707. The summed E-state index contributed by atoms with van der Waals surface area (Å²) in [6, 6.07) is 5.98. The molecule has 6 nitrogen and oxygen atoms in total. The van der Waals surface area contributed by atoms with Gasteiger partial charge >= 0.3 is 4.84 Å². The molecule has 3 aromatic rings. The van der Waals surface area contributed by atoms with Crippen LogP contribution in [0.4, 0.5) is 0 Å². The average Bonchev–Trinajstić information content (AvgIpc) is 2.87. The molecule has 0 spiro atoms. The van der Waals surface area contributed by atoms with E-state index in [1.807, 2.05) is 25.2 Å². The maximum absolute atomic E-state index is 4.87. The van der Waals surface area contributed by atoms with Gasteiger partial charge in [-0.05, 0) is 29.9 Å². The standard InChI is InChI=1S/C10H9N5OS/c1-15-8-3-2-6(4-7(8)12-14-15)5-9-11-10(17)16-13-9/h2-4H,5H2,1H3,(H,11,13,17). The minimum atomic E-state index is 0.223. The van der Waals surface area contributed by atoms with E-state index in [0.717, 1.165) is 16.6 Å². The number of aromatic nitrogens is 5. The van der Waals surface area contributed by atoms with E-state index in [0.29, 0.717) is 12.2 Å². The molecule has 0 saturated carbocycles. The Bertz CT molecular complexity index is 725. The van der Waals surface area contributed by atoms with Crippen LogP contribution in [0.15, 0.2) is 22.7 Å². The van der Waals surface area contributed by atoms with Gasteiger partial charge in [0, 0.05) is 13.5 Å². The van der Waals surface area contributed by atoms with Crippen LogP contribution in [0.1, 0.15) is 11.4 Å². The van der Waals surface area contributed by atoms with Crippen LogP contribution < -0.4 is 0 Å². The van der Waals surface area contributed by atoms with Crippen LogP contribution in [0.25, 0.3) is 11.0 Å². The van der Waals surface area contributed by atoms with Crippen LogP contribution in [-0.4, -0.2) is 25.1 Å². The lowest BCUT2D eigenvalue weighted by Crippen LogP contribution is -1.92. The predicted molar refractivity (Wildman–Crippen MR) is 63.0 cm³/mol. The summed E-state index contributed by atoms with van der Waals surface area (Å²) in [6.07, 6.45) is 0.632. The van der Waals surface area contributed by atoms with Gasteiger partial charge < -0.3 is 4.52 Å². The fraction of sp³-hybridized carbons (Fsp3) is 0.200. The molecule has 0 amide bonds. The Hall–Kier alpha value is -2.02. The third-order valence-corrected chi connectivity index (χ3v) is 2.70. The molecule has 0 bridgehead atoms. The Morgan fingerprint density at radius 1 is 1.47 bits per heavy atom. The Morgan fingerprint density at radius 3 is 3.12 bits per heavy atom. The minimum absolute atomic E-state index is 0.223. The summed E-state index contributed by atoms with van der Waals surface area (Å²) in [7, 11) is 1.86. The highest BCUT2D eigenvalue weighted by molar-refractivity contribution is 7.71. The Kier molecular flexibility index (Phi) is 2.25. The topological polar surface area (TPSA) is 72.5 Å². The molecule has 86 valence electrons. The first-order valence-corrected chi connectivity index (χ1v) is 5.46. The maximum Gasteiger partial charge on any atom is 0.314 e. The largest absolute Gasteiger partial charge is 0.348 e. The molecule has 0 aliphatic carbocycles.